The second-order valence-electron chi connectivity index (χ2n) is 10.1. The summed E-state index contributed by atoms with van der Waals surface area (Å²) in [5.41, 5.74) is 0.556. The number of hydrogen-bond acceptors (Lipinski definition) is 6. The third-order valence-corrected chi connectivity index (χ3v) is 8.31. The van der Waals surface area contributed by atoms with Crippen LogP contribution in [0.4, 0.5) is 10.7 Å². The van der Waals surface area contributed by atoms with Crippen LogP contribution in [-0.4, -0.2) is 45.2 Å². The number of nitrogens with one attached hydrogen (secondary N) is 1. The number of ether oxygens (including phenoxy) is 1. The van der Waals surface area contributed by atoms with Crippen molar-refractivity contribution < 1.29 is 9.53 Å². The lowest BCUT2D eigenvalue weighted by atomic mass is 9.65. The summed E-state index contributed by atoms with van der Waals surface area (Å²) in [6.45, 7) is 7.46. The molecule has 34 heavy (non-hydrogen) atoms. The summed E-state index contributed by atoms with van der Waals surface area (Å²) < 4.78 is 7.43. The molecule has 180 valence electrons. The molecule has 1 aliphatic carbocycles. The van der Waals surface area contributed by atoms with Gasteiger partial charge in [-0.25, -0.2) is 14.8 Å². The summed E-state index contributed by atoms with van der Waals surface area (Å²) in [5.74, 6) is 0.884. The number of anilines is 1. The van der Waals surface area contributed by atoms with Crippen LogP contribution in [0.25, 0.3) is 5.65 Å². The average molecular weight is 520 g/mol. The summed E-state index contributed by atoms with van der Waals surface area (Å²) in [4.78, 5) is 25.6. The molecule has 3 aromatic rings. The lowest BCUT2D eigenvalue weighted by Gasteiger charge is -2.45. The van der Waals surface area contributed by atoms with Crippen molar-refractivity contribution in [2.75, 3.05) is 18.0 Å². The second-order valence-corrected chi connectivity index (χ2v) is 12.0. The van der Waals surface area contributed by atoms with E-state index in [1.165, 1.54) is 11.8 Å². The van der Waals surface area contributed by atoms with Gasteiger partial charge in [0, 0.05) is 42.6 Å². The first kappa shape index (κ1) is 23.6. The smallest absolute Gasteiger partial charge is 0.407 e. The molecule has 7 nitrogen and oxygen atoms in total. The topological polar surface area (TPSA) is 71.8 Å². The molecule has 0 radical (unpaired) electrons. The second kappa shape index (κ2) is 8.81. The highest BCUT2D eigenvalue weighted by atomic mass is 35.5. The van der Waals surface area contributed by atoms with E-state index in [2.05, 4.69) is 15.2 Å². The van der Waals surface area contributed by atoms with E-state index >= 15 is 0 Å². The molecule has 0 atom stereocenters. The van der Waals surface area contributed by atoms with Crippen LogP contribution in [0.1, 0.15) is 40.0 Å². The molecule has 1 spiro atoms. The Balaban J connectivity index is 1.27. The van der Waals surface area contributed by atoms with E-state index in [9.17, 15) is 4.79 Å². The van der Waals surface area contributed by atoms with Crippen LogP contribution in [0.15, 0.2) is 46.6 Å². The first-order valence-electron chi connectivity index (χ1n) is 11.3. The molecule has 2 aromatic heterocycles. The van der Waals surface area contributed by atoms with Gasteiger partial charge in [-0.15, -0.1) is 0 Å². The van der Waals surface area contributed by atoms with Crippen LogP contribution >= 0.6 is 35.0 Å². The van der Waals surface area contributed by atoms with Gasteiger partial charge >= 0.3 is 6.09 Å². The largest absolute Gasteiger partial charge is 0.444 e. The standard InChI is InChI=1S/C24H27Cl2N5O2S/c1-23(2,3)33-22(32)29-15-11-24(12-15)7-9-30(14-24)21-28-13-18(20-27-8-10-31(20)21)34-17-6-4-5-16(25)19(17)26/h4-6,8,10,13,15H,7,9,11-12,14H2,1-3H3,(H,29,32). The van der Waals surface area contributed by atoms with E-state index in [1.54, 1.807) is 12.3 Å². The number of benzene rings is 1. The predicted octanol–water partition coefficient (Wildman–Crippen LogP) is 6.07. The SMILES string of the molecule is CC(C)(C)OC(=O)NC1CC2(CCN(c3ncc(Sc4cccc(Cl)c4Cl)c4nccn34)C2)C1. The highest BCUT2D eigenvalue weighted by Crippen LogP contribution is 2.49. The Morgan fingerprint density at radius 3 is 2.79 bits per heavy atom. The number of carbonyl (C=O) groups excluding carboxylic acids is 1. The van der Waals surface area contributed by atoms with Crippen molar-refractivity contribution in [3.63, 3.8) is 0 Å². The van der Waals surface area contributed by atoms with Crippen molar-refractivity contribution in [3.8, 4) is 0 Å². The minimum Gasteiger partial charge on any atom is -0.444 e. The number of rotatable bonds is 4. The van der Waals surface area contributed by atoms with Gasteiger partial charge in [0.2, 0.25) is 5.95 Å². The summed E-state index contributed by atoms with van der Waals surface area (Å²) in [6, 6.07) is 5.76. The first-order chi connectivity index (χ1) is 16.1. The highest BCUT2D eigenvalue weighted by molar-refractivity contribution is 7.99. The van der Waals surface area contributed by atoms with Gasteiger partial charge in [0.15, 0.2) is 5.65 Å². The first-order valence-corrected chi connectivity index (χ1v) is 12.9. The van der Waals surface area contributed by atoms with E-state index < -0.39 is 5.60 Å². The van der Waals surface area contributed by atoms with E-state index in [0.29, 0.717) is 10.0 Å². The molecule has 2 aliphatic rings. The Morgan fingerprint density at radius 1 is 1.24 bits per heavy atom. The monoisotopic (exact) mass is 519 g/mol. The van der Waals surface area contributed by atoms with Crippen LogP contribution in [-0.2, 0) is 4.74 Å². The Bertz CT molecular complexity index is 1240. The number of imidazole rings is 1. The molecule has 1 N–H and O–H groups in total. The molecule has 1 amide bonds. The van der Waals surface area contributed by atoms with Crippen molar-refractivity contribution in [1.29, 1.82) is 0 Å². The third-order valence-electron chi connectivity index (χ3n) is 6.31. The zero-order valence-electron chi connectivity index (χ0n) is 19.3. The van der Waals surface area contributed by atoms with Gasteiger partial charge in [0.25, 0.3) is 0 Å². The number of alkyl carbamates (subject to hydrolysis) is 1. The van der Waals surface area contributed by atoms with E-state index in [1.807, 2.05) is 49.7 Å². The number of fused-ring (bicyclic) bond motifs is 1. The van der Waals surface area contributed by atoms with Gasteiger partial charge < -0.3 is 15.0 Å². The Labute approximate surface area is 213 Å². The minimum atomic E-state index is -0.486. The molecule has 1 saturated carbocycles. The highest BCUT2D eigenvalue weighted by Gasteiger charge is 2.49. The Morgan fingerprint density at radius 2 is 2.03 bits per heavy atom. The quantitative estimate of drug-likeness (QED) is 0.450. The van der Waals surface area contributed by atoms with Gasteiger partial charge in [0.1, 0.15) is 5.60 Å². The van der Waals surface area contributed by atoms with Crippen molar-refractivity contribution >= 4 is 52.7 Å². The normalized spacial score (nSPS) is 22.3. The molecule has 2 fully saturated rings. The molecule has 5 rings (SSSR count). The summed E-state index contributed by atoms with van der Waals surface area (Å²) in [6.07, 6.45) is 8.25. The number of halogens is 2. The molecule has 10 heteroatoms. The molecular weight excluding hydrogens is 493 g/mol. The summed E-state index contributed by atoms with van der Waals surface area (Å²) in [5, 5.41) is 4.07. The molecule has 0 unspecified atom stereocenters. The van der Waals surface area contributed by atoms with Gasteiger partial charge in [-0.3, -0.25) is 4.40 Å². The Hall–Kier alpha value is -2.16. The van der Waals surface area contributed by atoms with Crippen molar-refractivity contribution in [3.05, 3.63) is 46.8 Å². The van der Waals surface area contributed by atoms with E-state index in [0.717, 1.165) is 53.7 Å². The fourth-order valence-corrected chi connectivity index (χ4v) is 6.27. The zero-order valence-corrected chi connectivity index (χ0v) is 21.7. The number of hydrogen-bond donors (Lipinski definition) is 1. The number of aromatic nitrogens is 3. The predicted molar refractivity (Wildman–Crippen MR) is 135 cm³/mol. The lowest BCUT2D eigenvalue weighted by molar-refractivity contribution is 0.0367. The molecule has 1 aromatic carbocycles. The van der Waals surface area contributed by atoms with Crippen LogP contribution in [0.2, 0.25) is 10.0 Å². The minimum absolute atomic E-state index is 0.164. The van der Waals surface area contributed by atoms with E-state index in [4.69, 9.17) is 32.9 Å². The van der Waals surface area contributed by atoms with Gasteiger partial charge in [-0.1, -0.05) is 41.0 Å². The van der Waals surface area contributed by atoms with Crippen molar-refractivity contribution in [2.24, 2.45) is 5.41 Å². The summed E-state index contributed by atoms with van der Waals surface area (Å²) in [7, 11) is 0. The average Bonchev–Trinajstić information content (AvgIpc) is 3.38. The maximum Gasteiger partial charge on any atom is 0.407 e. The molecular formula is C24H27Cl2N5O2S. The molecule has 0 bridgehead atoms. The lowest BCUT2D eigenvalue weighted by Crippen LogP contribution is -2.52. The van der Waals surface area contributed by atoms with Crippen molar-refractivity contribution in [1.82, 2.24) is 19.7 Å². The fourth-order valence-electron chi connectivity index (χ4n) is 4.87. The van der Waals surface area contributed by atoms with Crippen LogP contribution in [0.5, 0.6) is 0 Å². The maximum atomic E-state index is 12.1. The van der Waals surface area contributed by atoms with Crippen molar-refractivity contribution in [2.45, 2.75) is 61.5 Å². The van der Waals surface area contributed by atoms with Gasteiger partial charge in [-0.05, 0) is 57.6 Å². The zero-order chi connectivity index (χ0) is 24.1. The van der Waals surface area contributed by atoms with Gasteiger partial charge in [-0.2, -0.15) is 0 Å². The fraction of sp³-hybridized carbons (Fsp3) is 0.458. The maximum absolute atomic E-state index is 12.1. The van der Waals surface area contributed by atoms with E-state index in [-0.39, 0.29) is 17.6 Å². The van der Waals surface area contributed by atoms with Crippen LogP contribution in [0, 0.1) is 5.41 Å². The van der Waals surface area contributed by atoms with Crippen LogP contribution < -0.4 is 10.2 Å². The summed E-state index contributed by atoms with van der Waals surface area (Å²) >= 11 is 14.1. The number of nitrogens with zero attached hydrogens (tertiary/aromatic N) is 4. The van der Waals surface area contributed by atoms with Crippen LogP contribution in [0.3, 0.4) is 0 Å². The molecule has 3 heterocycles. The van der Waals surface area contributed by atoms with Gasteiger partial charge in [0.05, 0.1) is 14.9 Å². The molecule has 1 aliphatic heterocycles. The molecule has 1 saturated heterocycles. The third kappa shape index (κ3) is 4.68. The number of amides is 1. The number of carbonyl (C=O) groups is 1. The Kier molecular flexibility index (Phi) is 6.11.